The lowest BCUT2D eigenvalue weighted by atomic mass is 9.73. The van der Waals surface area contributed by atoms with E-state index >= 15 is 0 Å². The molecule has 0 radical (unpaired) electrons. The van der Waals surface area contributed by atoms with E-state index in [-0.39, 0.29) is 17.6 Å². The SMILES string of the molecule is CC1C(=O)[C@]2(C=C(Cl)C1C)C[C@H](C(C)C)CO2. The summed E-state index contributed by atoms with van der Waals surface area (Å²) >= 11 is 6.25. The van der Waals surface area contributed by atoms with Crippen molar-refractivity contribution in [1.82, 2.24) is 0 Å². The van der Waals surface area contributed by atoms with E-state index in [0.29, 0.717) is 18.4 Å². The fourth-order valence-electron chi connectivity index (χ4n) is 2.74. The average molecular weight is 257 g/mol. The first-order chi connectivity index (χ1) is 7.87. The number of hydrogen-bond acceptors (Lipinski definition) is 2. The van der Waals surface area contributed by atoms with E-state index < -0.39 is 5.60 Å². The molecule has 0 saturated carbocycles. The molecule has 1 saturated heterocycles. The molecule has 0 amide bonds. The molecule has 96 valence electrons. The Balaban J connectivity index is 2.30. The van der Waals surface area contributed by atoms with Gasteiger partial charge in [0.1, 0.15) is 5.60 Å². The lowest BCUT2D eigenvalue weighted by Crippen LogP contribution is -2.45. The number of hydrogen-bond donors (Lipinski definition) is 0. The van der Waals surface area contributed by atoms with Crippen LogP contribution in [0.1, 0.15) is 34.1 Å². The van der Waals surface area contributed by atoms with Crippen LogP contribution in [0.25, 0.3) is 0 Å². The maximum absolute atomic E-state index is 12.4. The van der Waals surface area contributed by atoms with E-state index in [0.717, 1.165) is 11.5 Å². The summed E-state index contributed by atoms with van der Waals surface area (Å²) in [5.74, 6) is 1.29. The molecule has 0 aromatic rings. The molecule has 1 aliphatic carbocycles. The van der Waals surface area contributed by atoms with E-state index in [2.05, 4.69) is 13.8 Å². The van der Waals surface area contributed by atoms with E-state index in [4.69, 9.17) is 16.3 Å². The summed E-state index contributed by atoms with van der Waals surface area (Å²) in [6.07, 6.45) is 2.65. The van der Waals surface area contributed by atoms with Crippen LogP contribution < -0.4 is 0 Å². The van der Waals surface area contributed by atoms with E-state index in [1.807, 2.05) is 19.9 Å². The molecular weight excluding hydrogens is 236 g/mol. The first kappa shape index (κ1) is 13.1. The monoisotopic (exact) mass is 256 g/mol. The smallest absolute Gasteiger partial charge is 0.172 e. The molecule has 0 N–H and O–H groups in total. The number of ketones is 1. The van der Waals surface area contributed by atoms with Crippen LogP contribution >= 0.6 is 11.6 Å². The predicted octanol–water partition coefficient (Wildman–Crippen LogP) is 3.40. The quantitative estimate of drug-likeness (QED) is 0.719. The highest BCUT2D eigenvalue weighted by molar-refractivity contribution is 6.30. The van der Waals surface area contributed by atoms with Crippen molar-refractivity contribution in [2.24, 2.45) is 23.7 Å². The lowest BCUT2D eigenvalue weighted by Gasteiger charge is -2.35. The molecule has 1 spiro atoms. The third-order valence-corrected chi connectivity index (χ3v) is 4.90. The number of allylic oxidation sites excluding steroid dienone is 1. The molecule has 0 aromatic carbocycles. The van der Waals surface area contributed by atoms with Gasteiger partial charge in [0.2, 0.25) is 0 Å². The normalized spacial score (nSPS) is 42.4. The topological polar surface area (TPSA) is 26.3 Å². The van der Waals surface area contributed by atoms with Gasteiger partial charge in [0.25, 0.3) is 0 Å². The minimum atomic E-state index is -0.724. The fourth-order valence-corrected chi connectivity index (χ4v) is 3.11. The third kappa shape index (κ3) is 2.06. The Morgan fingerprint density at radius 2 is 2.06 bits per heavy atom. The van der Waals surface area contributed by atoms with Gasteiger partial charge in [-0.3, -0.25) is 4.79 Å². The van der Waals surface area contributed by atoms with Crippen molar-refractivity contribution in [2.45, 2.75) is 39.7 Å². The van der Waals surface area contributed by atoms with Crippen molar-refractivity contribution in [1.29, 1.82) is 0 Å². The number of halogens is 1. The zero-order valence-electron chi connectivity index (χ0n) is 11.0. The van der Waals surface area contributed by atoms with Crippen LogP contribution in [0.4, 0.5) is 0 Å². The van der Waals surface area contributed by atoms with E-state index in [1.165, 1.54) is 0 Å². The highest BCUT2D eigenvalue weighted by atomic mass is 35.5. The first-order valence-electron chi connectivity index (χ1n) is 6.44. The standard InChI is InChI=1S/C14H21ClO2/c1-8(2)11-5-14(17-7-11)6-12(15)9(3)10(4)13(14)16/h6,8-11H,5,7H2,1-4H3/t9?,10?,11-,14+/m0/s1. The zero-order chi connectivity index (χ0) is 12.8. The lowest BCUT2D eigenvalue weighted by molar-refractivity contribution is -0.140. The first-order valence-corrected chi connectivity index (χ1v) is 6.81. The second-order valence-electron chi connectivity index (χ2n) is 5.88. The molecule has 3 heteroatoms. The molecule has 1 aliphatic heterocycles. The van der Waals surface area contributed by atoms with Crippen LogP contribution in [0.3, 0.4) is 0 Å². The second kappa shape index (κ2) is 4.40. The summed E-state index contributed by atoms with van der Waals surface area (Å²) < 4.78 is 5.85. The molecule has 2 unspecified atom stereocenters. The van der Waals surface area contributed by atoms with Crippen LogP contribution in [0.15, 0.2) is 11.1 Å². The number of carbonyl (C=O) groups is 1. The minimum absolute atomic E-state index is 0.0431. The van der Waals surface area contributed by atoms with Gasteiger partial charge in [-0.15, -0.1) is 0 Å². The summed E-state index contributed by atoms with van der Waals surface area (Å²) in [7, 11) is 0. The fraction of sp³-hybridized carbons (Fsp3) is 0.786. The largest absolute Gasteiger partial charge is 0.363 e. The molecule has 2 nitrogen and oxygen atoms in total. The molecule has 17 heavy (non-hydrogen) atoms. The van der Waals surface area contributed by atoms with Crippen LogP contribution in [-0.4, -0.2) is 18.0 Å². The Hall–Kier alpha value is -0.340. The van der Waals surface area contributed by atoms with Gasteiger partial charge in [-0.2, -0.15) is 0 Å². The molecule has 2 aliphatic rings. The van der Waals surface area contributed by atoms with Crippen molar-refractivity contribution in [2.75, 3.05) is 6.61 Å². The van der Waals surface area contributed by atoms with Gasteiger partial charge in [-0.05, 0) is 24.3 Å². The molecule has 1 fully saturated rings. The van der Waals surface area contributed by atoms with Gasteiger partial charge < -0.3 is 4.74 Å². The van der Waals surface area contributed by atoms with Gasteiger partial charge >= 0.3 is 0 Å². The average Bonchev–Trinajstić information content (AvgIpc) is 2.69. The summed E-state index contributed by atoms with van der Waals surface area (Å²) in [6.45, 7) is 8.99. The van der Waals surface area contributed by atoms with Crippen molar-refractivity contribution >= 4 is 17.4 Å². The highest BCUT2D eigenvalue weighted by Crippen LogP contribution is 2.44. The van der Waals surface area contributed by atoms with Gasteiger partial charge in [0, 0.05) is 16.9 Å². The van der Waals surface area contributed by atoms with E-state index in [1.54, 1.807) is 0 Å². The summed E-state index contributed by atoms with van der Waals surface area (Å²) in [5, 5.41) is 0.779. The Bertz CT molecular complexity index is 361. The molecular formula is C14H21ClO2. The number of ether oxygens (including phenoxy) is 1. The Morgan fingerprint density at radius 1 is 1.41 bits per heavy atom. The summed E-state index contributed by atoms with van der Waals surface area (Å²) in [5.41, 5.74) is -0.724. The predicted molar refractivity (Wildman–Crippen MR) is 68.9 cm³/mol. The van der Waals surface area contributed by atoms with Crippen molar-refractivity contribution < 1.29 is 9.53 Å². The van der Waals surface area contributed by atoms with Crippen LogP contribution in [0.5, 0.6) is 0 Å². The van der Waals surface area contributed by atoms with Gasteiger partial charge in [-0.25, -0.2) is 0 Å². The van der Waals surface area contributed by atoms with Crippen LogP contribution in [0, 0.1) is 23.7 Å². The van der Waals surface area contributed by atoms with E-state index in [9.17, 15) is 4.79 Å². The summed E-state index contributed by atoms with van der Waals surface area (Å²) in [4.78, 5) is 12.4. The maximum atomic E-state index is 12.4. The Morgan fingerprint density at radius 3 is 2.59 bits per heavy atom. The maximum Gasteiger partial charge on any atom is 0.172 e. The van der Waals surface area contributed by atoms with Crippen molar-refractivity contribution in [3.63, 3.8) is 0 Å². The van der Waals surface area contributed by atoms with Crippen molar-refractivity contribution in [3.05, 3.63) is 11.1 Å². The number of Topliss-reactive ketones (excluding diaryl/α,β-unsaturated/α-hetero) is 1. The number of carbonyl (C=O) groups excluding carboxylic acids is 1. The molecule has 4 atom stereocenters. The van der Waals surface area contributed by atoms with Crippen LogP contribution in [-0.2, 0) is 9.53 Å². The third-order valence-electron chi connectivity index (χ3n) is 4.45. The summed E-state index contributed by atoms with van der Waals surface area (Å²) in [6, 6.07) is 0. The zero-order valence-corrected chi connectivity index (χ0v) is 11.8. The van der Waals surface area contributed by atoms with Gasteiger partial charge in [-0.1, -0.05) is 39.3 Å². The highest BCUT2D eigenvalue weighted by Gasteiger charge is 2.50. The van der Waals surface area contributed by atoms with Crippen molar-refractivity contribution in [3.8, 4) is 0 Å². The minimum Gasteiger partial charge on any atom is -0.363 e. The Labute approximate surface area is 108 Å². The molecule has 0 bridgehead atoms. The van der Waals surface area contributed by atoms with Crippen LogP contribution in [0.2, 0.25) is 0 Å². The molecule has 0 aromatic heterocycles. The second-order valence-corrected chi connectivity index (χ2v) is 6.32. The van der Waals surface area contributed by atoms with Gasteiger partial charge in [0.15, 0.2) is 5.78 Å². The Kier molecular flexibility index (Phi) is 3.39. The molecule has 2 rings (SSSR count). The van der Waals surface area contributed by atoms with Gasteiger partial charge in [0.05, 0.1) is 6.61 Å². The number of rotatable bonds is 1. The molecule has 1 heterocycles.